The number of aromatic nitrogens is 1. The van der Waals surface area contributed by atoms with Gasteiger partial charge < -0.3 is 9.52 Å². The van der Waals surface area contributed by atoms with Crippen LogP contribution in [0.3, 0.4) is 0 Å². The monoisotopic (exact) mass is 237 g/mol. The molecule has 3 heteroatoms. The molecular weight excluding hydrogens is 226 g/mol. The summed E-state index contributed by atoms with van der Waals surface area (Å²) in [7, 11) is 0. The fourth-order valence-electron chi connectivity index (χ4n) is 1.79. The quantitative estimate of drug-likeness (QED) is 0.739. The Labute approximate surface area is 104 Å². The van der Waals surface area contributed by atoms with Gasteiger partial charge in [0.15, 0.2) is 5.76 Å². The van der Waals surface area contributed by atoms with Crippen molar-refractivity contribution in [1.82, 2.24) is 4.98 Å². The summed E-state index contributed by atoms with van der Waals surface area (Å²) in [6.07, 6.45) is 0. The summed E-state index contributed by atoms with van der Waals surface area (Å²) in [5.74, 6) is 0.737. The molecule has 0 aliphatic carbocycles. The molecule has 0 amide bonds. The topological polar surface area (TPSA) is 46.3 Å². The van der Waals surface area contributed by atoms with Crippen molar-refractivity contribution in [2.75, 3.05) is 0 Å². The Kier molecular flexibility index (Phi) is 2.57. The molecule has 0 atom stereocenters. The van der Waals surface area contributed by atoms with Gasteiger partial charge in [0.05, 0.1) is 0 Å². The molecule has 0 bridgehead atoms. The van der Waals surface area contributed by atoms with Crippen LogP contribution in [0, 0.1) is 0 Å². The summed E-state index contributed by atoms with van der Waals surface area (Å²) in [5, 5.41) is 9.84. The minimum absolute atomic E-state index is 0.0833. The summed E-state index contributed by atoms with van der Waals surface area (Å²) in [6.45, 7) is 0. The molecular formula is C15H11NO2. The van der Waals surface area contributed by atoms with Gasteiger partial charge in [0.2, 0.25) is 5.89 Å². The lowest BCUT2D eigenvalue weighted by Gasteiger charge is -1.95. The average molecular weight is 237 g/mol. The first-order valence-corrected chi connectivity index (χ1v) is 5.65. The van der Waals surface area contributed by atoms with Crippen molar-refractivity contribution in [3.05, 3.63) is 60.7 Å². The largest absolute Gasteiger partial charge is 0.491 e. The highest BCUT2D eigenvalue weighted by molar-refractivity contribution is 5.66. The van der Waals surface area contributed by atoms with E-state index >= 15 is 0 Å². The van der Waals surface area contributed by atoms with Crippen LogP contribution in [0.15, 0.2) is 65.1 Å². The van der Waals surface area contributed by atoms with Crippen LogP contribution in [0.25, 0.3) is 22.8 Å². The highest BCUT2D eigenvalue weighted by Gasteiger charge is 2.14. The number of hydrogen-bond donors (Lipinski definition) is 1. The van der Waals surface area contributed by atoms with Crippen LogP contribution in [0.5, 0.6) is 5.88 Å². The molecule has 0 fully saturated rings. The van der Waals surface area contributed by atoms with Gasteiger partial charge in [-0.3, -0.25) is 0 Å². The number of aromatic hydroxyl groups is 1. The van der Waals surface area contributed by atoms with Gasteiger partial charge in [0.25, 0.3) is 5.88 Å². The second-order valence-corrected chi connectivity index (χ2v) is 3.90. The molecule has 1 heterocycles. The first-order valence-electron chi connectivity index (χ1n) is 5.65. The molecule has 0 aliphatic heterocycles. The predicted octanol–water partition coefficient (Wildman–Crippen LogP) is 3.71. The minimum atomic E-state index is -0.0833. The molecule has 1 aromatic heterocycles. The molecule has 0 radical (unpaired) electrons. The fourth-order valence-corrected chi connectivity index (χ4v) is 1.79. The van der Waals surface area contributed by atoms with Crippen LogP contribution in [0.4, 0.5) is 0 Å². The van der Waals surface area contributed by atoms with Crippen LogP contribution in [-0.2, 0) is 0 Å². The van der Waals surface area contributed by atoms with E-state index in [9.17, 15) is 5.11 Å². The standard InChI is InChI=1S/C15H11NO2/c17-14-13(11-7-3-1-4-8-11)18-15(16-14)12-9-5-2-6-10-12/h1-10,17H. The van der Waals surface area contributed by atoms with Crippen LogP contribution in [0.2, 0.25) is 0 Å². The maximum absolute atomic E-state index is 9.84. The summed E-state index contributed by atoms with van der Waals surface area (Å²) in [4.78, 5) is 4.05. The van der Waals surface area contributed by atoms with Gasteiger partial charge in [-0.2, -0.15) is 4.98 Å². The van der Waals surface area contributed by atoms with Crippen molar-refractivity contribution in [3.8, 4) is 28.7 Å². The fraction of sp³-hybridized carbons (Fsp3) is 0. The van der Waals surface area contributed by atoms with Crippen LogP contribution in [0.1, 0.15) is 0 Å². The maximum Gasteiger partial charge on any atom is 0.259 e. The molecule has 0 saturated carbocycles. The first kappa shape index (κ1) is 10.6. The third-order valence-corrected chi connectivity index (χ3v) is 2.67. The lowest BCUT2D eigenvalue weighted by atomic mass is 10.2. The van der Waals surface area contributed by atoms with E-state index in [1.165, 1.54) is 0 Å². The van der Waals surface area contributed by atoms with E-state index in [1.54, 1.807) is 0 Å². The summed E-state index contributed by atoms with van der Waals surface area (Å²) < 4.78 is 5.63. The van der Waals surface area contributed by atoms with Gasteiger partial charge in [0.1, 0.15) is 0 Å². The van der Waals surface area contributed by atoms with E-state index in [1.807, 2.05) is 60.7 Å². The Bertz CT molecular complexity index is 645. The Balaban J connectivity index is 2.07. The number of rotatable bonds is 2. The van der Waals surface area contributed by atoms with Crippen LogP contribution >= 0.6 is 0 Å². The van der Waals surface area contributed by atoms with Crippen molar-refractivity contribution < 1.29 is 9.52 Å². The molecule has 18 heavy (non-hydrogen) atoms. The average Bonchev–Trinajstić information content (AvgIpc) is 2.83. The second-order valence-electron chi connectivity index (χ2n) is 3.90. The van der Waals surface area contributed by atoms with E-state index in [0.29, 0.717) is 11.7 Å². The van der Waals surface area contributed by atoms with E-state index in [2.05, 4.69) is 4.98 Å². The van der Waals surface area contributed by atoms with Gasteiger partial charge in [-0.15, -0.1) is 0 Å². The molecule has 3 rings (SSSR count). The zero-order chi connectivity index (χ0) is 12.4. The van der Waals surface area contributed by atoms with Gasteiger partial charge in [-0.25, -0.2) is 0 Å². The Morgan fingerprint density at radius 2 is 1.33 bits per heavy atom. The molecule has 0 aliphatic rings. The normalized spacial score (nSPS) is 10.4. The molecule has 3 aromatic rings. The van der Waals surface area contributed by atoms with E-state index in [4.69, 9.17) is 4.42 Å². The zero-order valence-electron chi connectivity index (χ0n) is 9.58. The molecule has 0 saturated heterocycles. The van der Waals surface area contributed by atoms with Gasteiger partial charge in [0, 0.05) is 11.1 Å². The van der Waals surface area contributed by atoms with E-state index in [0.717, 1.165) is 11.1 Å². The minimum Gasteiger partial charge on any atom is -0.491 e. The Morgan fingerprint density at radius 3 is 1.94 bits per heavy atom. The molecule has 88 valence electrons. The van der Waals surface area contributed by atoms with Crippen LogP contribution in [-0.4, -0.2) is 10.1 Å². The molecule has 3 nitrogen and oxygen atoms in total. The molecule has 0 unspecified atom stereocenters. The lowest BCUT2D eigenvalue weighted by molar-refractivity contribution is 0.453. The lowest BCUT2D eigenvalue weighted by Crippen LogP contribution is -1.74. The van der Waals surface area contributed by atoms with Crippen molar-refractivity contribution in [2.45, 2.75) is 0 Å². The SMILES string of the molecule is Oc1nc(-c2ccccc2)oc1-c1ccccc1. The van der Waals surface area contributed by atoms with Crippen molar-refractivity contribution in [2.24, 2.45) is 0 Å². The van der Waals surface area contributed by atoms with Gasteiger partial charge in [-0.1, -0.05) is 48.5 Å². The Morgan fingerprint density at radius 1 is 0.778 bits per heavy atom. The van der Waals surface area contributed by atoms with Crippen molar-refractivity contribution in [3.63, 3.8) is 0 Å². The third kappa shape index (κ3) is 1.86. The third-order valence-electron chi connectivity index (χ3n) is 2.67. The van der Waals surface area contributed by atoms with Gasteiger partial charge in [-0.05, 0) is 12.1 Å². The van der Waals surface area contributed by atoms with Crippen molar-refractivity contribution in [1.29, 1.82) is 0 Å². The smallest absolute Gasteiger partial charge is 0.259 e. The summed E-state index contributed by atoms with van der Waals surface area (Å²) in [6, 6.07) is 18.9. The number of hydrogen-bond acceptors (Lipinski definition) is 3. The van der Waals surface area contributed by atoms with E-state index in [-0.39, 0.29) is 5.88 Å². The van der Waals surface area contributed by atoms with E-state index < -0.39 is 0 Å². The Hall–Kier alpha value is -2.55. The molecule has 1 N–H and O–H groups in total. The predicted molar refractivity (Wildman–Crippen MR) is 69.0 cm³/mol. The molecule has 2 aromatic carbocycles. The highest BCUT2D eigenvalue weighted by atomic mass is 16.4. The van der Waals surface area contributed by atoms with Crippen molar-refractivity contribution >= 4 is 0 Å². The maximum atomic E-state index is 9.84. The molecule has 0 spiro atoms. The number of nitrogens with zero attached hydrogens (tertiary/aromatic N) is 1. The van der Waals surface area contributed by atoms with Gasteiger partial charge >= 0.3 is 0 Å². The zero-order valence-corrected chi connectivity index (χ0v) is 9.58. The number of benzene rings is 2. The summed E-state index contributed by atoms with van der Waals surface area (Å²) in [5.41, 5.74) is 1.65. The first-order chi connectivity index (χ1) is 8.84. The summed E-state index contributed by atoms with van der Waals surface area (Å²) >= 11 is 0. The second kappa shape index (κ2) is 4.37. The highest BCUT2D eigenvalue weighted by Crippen LogP contribution is 2.33. The number of oxazole rings is 1. The van der Waals surface area contributed by atoms with Crippen LogP contribution < -0.4 is 0 Å².